The van der Waals surface area contributed by atoms with Crippen LogP contribution in [0, 0.1) is 5.41 Å². The van der Waals surface area contributed by atoms with E-state index in [1.807, 2.05) is 26.0 Å². The smallest absolute Gasteiger partial charge is 0.316 e. The van der Waals surface area contributed by atoms with Crippen molar-refractivity contribution in [3.63, 3.8) is 0 Å². The van der Waals surface area contributed by atoms with Crippen LogP contribution >= 0.6 is 11.3 Å². The average Bonchev–Trinajstić information content (AvgIpc) is 2.99. The van der Waals surface area contributed by atoms with E-state index in [-0.39, 0.29) is 17.8 Å². The van der Waals surface area contributed by atoms with Crippen molar-refractivity contribution in [3.05, 3.63) is 46.3 Å². The second-order valence-electron chi connectivity index (χ2n) is 7.68. The summed E-state index contributed by atoms with van der Waals surface area (Å²) in [5.74, 6) is -0.563. The Hall–Kier alpha value is -2.73. The molecule has 2 amide bonds. The van der Waals surface area contributed by atoms with Crippen LogP contribution in [-0.2, 0) is 9.59 Å². The molecule has 0 saturated heterocycles. The maximum Gasteiger partial charge on any atom is 0.316 e. The number of esters is 1. The summed E-state index contributed by atoms with van der Waals surface area (Å²) < 4.78 is 5.38. The van der Waals surface area contributed by atoms with Crippen molar-refractivity contribution in [2.45, 2.75) is 34.6 Å². The third-order valence-corrected chi connectivity index (χ3v) is 5.32. The Morgan fingerprint density at radius 2 is 1.67 bits per heavy atom. The van der Waals surface area contributed by atoms with Gasteiger partial charge in [-0.25, -0.2) is 0 Å². The third-order valence-electron chi connectivity index (χ3n) is 4.12. The zero-order chi connectivity index (χ0) is 19.9. The van der Waals surface area contributed by atoms with Crippen LogP contribution in [-0.4, -0.2) is 17.8 Å². The van der Waals surface area contributed by atoms with Gasteiger partial charge < -0.3 is 4.74 Å². The van der Waals surface area contributed by atoms with E-state index in [1.54, 1.807) is 39.0 Å². The zero-order valence-corrected chi connectivity index (χ0v) is 16.7. The lowest BCUT2D eigenvalue weighted by atomic mass is 9.97. The Labute approximate surface area is 162 Å². The summed E-state index contributed by atoms with van der Waals surface area (Å²) in [7, 11) is 0. The molecule has 0 saturated carbocycles. The molecule has 1 aliphatic heterocycles. The summed E-state index contributed by atoms with van der Waals surface area (Å²) in [5, 5.41) is 2.39. The van der Waals surface area contributed by atoms with Crippen molar-refractivity contribution < 1.29 is 19.1 Å². The van der Waals surface area contributed by atoms with Gasteiger partial charge in [0.05, 0.1) is 21.4 Å². The normalized spacial score (nSPS) is 13.9. The highest BCUT2D eigenvalue weighted by Crippen LogP contribution is 2.39. The minimum absolute atomic E-state index is 0.301. The Kier molecular flexibility index (Phi) is 4.78. The number of hydrogen-bond acceptors (Lipinski definition) is 5. The summed E-state index contributed by atoms with van der Waals surface area (Å²) in [6.07, 6.45) is 0. The van der Waals surface area contributed by atoms with Crippen LogP contribution < -0.4 is 10.1 Å². The predicted molar refractivity (Wildman–Crippen MR) is 106 cm³/mol. The van der Waals surface area contributed by atoms with E-state index in [1.165, 1.54) is 11.3 Å². The fourth-order valence-electron chi connectivity index (χ4n) is 2.63. The van der Waals surface area contributed by atoms with E-state index in [0.29, 0.717) is 21.8 Å². The van der Waals surface area contributed by atoms with Crippen molar-refractivity contribution in [2.75, 3.05) is 0 Å². The minimum atomic E-state index is -0.577. The Bertz CT molecular complexity index is 971. The lowest BCUT2D eigenvalue weighted by Gasteiger charge is -2.16. The molecular formula is C21H21NO4S. The molecule has 0 bridgehead atoms. The molecule has 5 nitrogen and oxygen atoms in total. The number of carbonyl (C=O) groups is 3. The van der Waals surface area contributed by atoms with Crippen LogP contribution in [0.5, 0.6) is 5.75 Å². The molecule has 0 radical (unpaired) electrons. The van der Waals surface area contributed by atoms with Crippen molar-refractivity contribution in [2.24, 2.45) is 5.41 Å². The van der Waals surface area contributed by atoms with Crippen LogP contribution in [0.25, 0.3) is 16.0 Å². The van der Waals surface area contributed by atoms with Crippen molar-refractivity contribution in [3.8, 4) is 16.2 Å². The Morgan fingerprint density at radius 3 is 2.22 bits per heavy atom. The van der Waals surface area contributed by atoms with Gasteiger partial charge >= 0.3 is 5.97 Å². The standard InChI is InChI=1S/C21H21NO4S/c1-11(2)16-17-14(18(23)22-19(16)24)10-15(27-17)12-6-8-13(9-7-12)26-20(25)21(3,4)5/h6-10H,1-5H3,(H,22,23,24). The number of thiophene rings is 1. The van der Waals surface area contributed by atoms with Crippen molar-refractivity contribution >= 4 is 34.7 Å². The predicted octanol–water partition coefficient (Wildman–Crippen LogP) is 4.43. The van der Waals surface area contributed by atoms with Gasteiger partial charge in [-0.1, -0.05) is 5.57 Å². The van der Waals surface area contributed by atoms with Gasteiger partial charge in [-0.05, 0) is 70.5 Å². The highest BCUT2D eigenvalue weighted by molar-refractivity contribution is 7.17. The molecule has 2 heterocycles. The second kappa shape index (κ2) is 6.78. The number of hydrogen-bond donors (Lipinski definition) is 1. The quantitative estimate of drug-likeness (QED) is 0.360. The highest BCUT2D eigenvalue weighted by atomic mass is 32.1. The molecule has 1 aromatic carbocycles. The monoisotopic (exact) mass is 383 g/mol. The first-order valence-corrected chi connectivity index (χ1v) is 9.39. The number of carbonyl (C=O) groups excluding carboxylic acids is 3. The van der Waals surface area contributed by atoms with Crippen LogP contribution in [0.4, 0.5) is 0 Å². The third kappa shape index (κ3) is 3.71. The van der Waals surface area contributed by atoms with Crippen LogP contribution in [0.2, 0.25) is 0 Å². The van der Waals surface area contributed by atoms with Crippen molar-refractivity contribution in [1.82, 2.24) is 5.32 Å². The van der Waals surface area contributed by atoms with Gasteiger partial charge in [0.25, 0.3) is 11.8 Å². The maximum atomic E-state index is 12.2. The largest absolute Gasteiger partial charge is 0.426 e. The van der Waals surface area contributed by atoms with Gasteiger partial charge in [-0.2, -0.15) is 0 Å². The molecule has 2 aromatic rings. The number of fused-ring (bicyclic) bond motifs is 1. The Balaban J connectivity index is 1.93. The topological polar surface area (TPSA) is 72.5 Å². The Morgan fingerprint density at radius 1 is 1.04 bits per heavy atom. The lowest BCUT2D eigenvalue weighted by Crippen LogP contribution is -2.35. The van der Waals surface area contributed by atoms with E-state index in [4.69, 9.17) is 4.74 Å². The number of rotatable bonds is 2. The van der Waals surface area contributed by atoms with Gasteiger partial charge in [-0.3, -0.25) is 19.7 Å². The molecule has 0 unspecified atom stereocenters. The first-order valence-electron chi connectivity index (χ1n) is 8.58. The number of imide groups is 1. The second-order valence-corrected chi connectivity index (χ2v) is 8.73. The molecule has 0 aliphatic carbocycles. The molecule has 140 valence electrons. The molecule has 6 heteroatoms. The molecule has 1 aromatic heterocycles. The SMILES string of the molecule is CC(C)=C1C(=O)NC(=O)c2cc(-c3ccc(OC(=O)C(C)(C)C)cc3)sc21. The lowest BCUT2D eigenvalue weighted by molar-refractivity contribution is -0.143. The van der Waals surface area contributed by atoms with E-state index >= 15 is 0 Å². The number of benzene rings is 1. The van der Waals surface area contributed by atoms with Crippen LogP contribution in [0.15, 0.2) is 35.9 Å². The van der Waals surface area contributed by atoms with Gasteiger partial charge in [0.2, 0.25) is 0 Å². The van der Waals surface area contributed by atoms with E-state index in [0.717, 1.165) is 16.0 Å². The fraction of sp³-hybridized carbons (Fsp3) is 0.286. The zero-order valence-electron chi connectivity index (χ0n) is 15.9. The minimum Gasteiger partial charge on any atom is -0.426 e. The summed E-state index contributed by atoms with van der Waals surface area (Å²) in [6.45, 7) is 9.10. The molecule has 3 rings (SSSR count). The van der Waals surface area contributed by atoms with Crippen LogP contribution in [0.1, 0.15) is 49.9 Å². The summed E-state index contributed by atoms with van der Waals surface area (Å²) in [4.78, 5) is 37.9. The van der Waals surface area contributed by atoms with Gasteiger partial charge in [0, 0.05) is 4.88 Å². The molecule has 0 fully saturated rings. The number of allylic oxidation sites excluding steroid dienone is 1. The fourth-order valence-corrected chi connectivity index (χ4v) is 3.94. The summed E-state index contributed by atoms with van der Waals surface area (Å²) in [5.41, 5.74) is 2.23. The summed E-state index contributed by atoms with van der Waals surface area (Å²) >= 11 is 1.41. The first-order chi connectivity index (χ1) is 12.6. The average molecular weight is 383 g/mol. The molecule has 27 heavy (non-hydrogen) atoms. The molecule has 1 aliphatic rings. The number of ether oxygens (including phenoxy) is 1. The molecule has 0 spiro atoms. The van der Waals surface area contributed by atoms with Gasteiger partial charge in [-0.15, -0.1) is 11.3 Å². The van der Waals surface area contributed by atoms with E-state index in [2.05, 4.69) is 5.32 Å². The van der Waals surface area contributed by atoms with Crippen LogP contribution in [0.3, 0.4) is 0 Å². The summed E-state index contributed by atoms with van der Waals surface area (Å²) in [6, 6.07) is 8.92. The highest BCUT2D eigenvalue weighted by Gasteiger charge is 2.30. The maximum absolute atomic E-state index is 12.2. The van der Waals surface area contributed by atoms with Gasteiger partial charge in [0.15, 0.2) is 0 Å². The van der Waals surface area contributed by atoms with E-state index in [9.17, 15) is 14.4 Å². The molecular weight excluding hydrogens is 362 g/mol. The molecule has 0 atom stereocenters. The van der Waals surface area contributed by atoms with E-state index < -0.39 is 5.41 Å². The first kappa shape index (κ1) is 19.0. The number of nitrogens with one attached hydrogen (secondary N) is 1. The van der Waals surface area contributed by atoms with Gasteiger partial charge in [0.1, 0.15) is 5.75 Å². The van der Waals surface area contributed by atoms with Crippen molar-refractivity contribution in [1.29, 1.82) is 0 Å². The molecule has 1 N–H and O–H groups in total. The number of amides is 2.